The average Bonchev–Trinajstić information content (AvgIpc) is 3.41. The number of carbonyl (C=O) groups excluding carboxylic acids is 2. The van der Waals surface area contributed by atoms with E-state index in [1.165, 1.54) is 6.26 Å². The number of nitrogens with one attached hydrogen (secondary N) is 2. The van der Waals surface area contributed by atoms with E-state index in [0.717, 1.165) is 27.1 Å². The molecule has 0 spiro atoms. The Morgan fingerprint density at radius 1 is 0.909 bits per heavy atom. The van der Waals surface area contributed by atoms with Crippen LogP contribution < -0.4 is 10.6 Å². The lowest BCUT2D eigenvalue weighted by atomic mass is 10.0. The maximum atomic E-state index is 13.3. The number of hydrogen-bond donors (Lipinski definition) is 2. The van der Waals surface area contributed by atoms with E-state index in [1.807, 2.05) is 66.7 Å². The number of rotatable bonds is 6. The van der Waals surface area contributed by atoms with Gasteiger partial charge in [0.1, 0.15) is 0 Å². The molecule has 2 amide bonds. The maximum absolute atomic E-state index is 13.3. The summed E-state index contributed by atoms with van der Waals surface area (Å²) in [5.74, 6) is -0.422. The molecule has 2 heterocycles. The number of carbonyl (C=O) groups is 2. The van der Waals surface area contributed by atoms with Crippen molar-refractivity contribution in [2.24, 2.45) is 0 Å². The molecule has 1 atom stereocenters. The second-order valence-corrected chi connectivity index (χ2v) is 8.01. The van der Waals surface area contributed by atoms with Crippen molar-refractivity contribution in [3.63, 3.8) is 0 Å². The third-order valence-corrected chi connectivity index (χ3v) is 5.87. The molecular formula is C27H23N3O3. The van der Waals surface area contributed by atoms with E-state index in [2.05, 4.69) is 15.6 Å². The van der Waals surface area contributed by atoms with Gasteiger partial charge < -0.3 is 15.4 Å². The van der Waals surface area contributed by atoms with E-state index >= 15 is 0 Å². The summed E-state index contributed by atoms with van der Waals surface area (Å²) < 4.78 is 5.18. The van der Waals surface area contributed by atoms with Crippen molar-refractivity contribution < 1.29 is 14.3 Å². The van der Waals surface area contributed by atoms with Crippen LogP contribution in [0.3, 0.4) is 0 Å². The first-order chi connectivity index (χ1) is 16.2. The number of nitrogens with zero attached hydrogens (tertiary/aromatic N) is 1. The second-order valence-electron chi connectivity index (χ2n) is 8.01. The predicted octanol–water partition coefficient (Wildman–Crippen LogP) is 4.28. The number of ether oxygens (including phenoxy) is 1. The van der Waals surface area contributed by atoms with Gasteiger partial charge >= 0.3 is 0 Å². The van der Waals surface area contributed by atoms with Crippen LogP contribution in [0.15, 0.2) is 91.0 Å². The summed E-state index contributed by atoms with van der Waals surface area (Å²) >= 11 is 0. The number of aromatic nitrogens is 1. The predicted molar refractivity (Wildman–Crippen MR) is 128 cm³/mol. The Hall–Kier alpha value is -4.19. The molecule has 0 saturated heterocycles. The van der Waals surface area contributed by atoms with Crippen LogP contribution in [0.5, 0.6) is 0 Å². The van der Waals surface area contributed by atoms with Gasteiger partial charge in [0.25, 0.3) is 11.8 Å². The molecule has 1 unspecified atom stereocenters. The number of amides is 2. The Morgan fingerprint density at radius 3 is 2.52 bits per heavy atom. The van der Waals surface area contributed by atoms with Crippen molar-refractivity contribution in [2.75, 3.05) is 13.2 Å². The molecule has 6 heteroatoms. The van der Waals surface area contributed by atoms with E-state index in [1.54, 1.807) is 12.4 Å². The smallest absolute Gasteiger partial charge is 0.254 e. The lowest BCUT2D eigenvalue weighted by Crippen LogP contribution is -2.38. The van der Waals surface area contributed by atoms with Crippen molar-refractivity contribution in [1.82, 2.24) is 15.6 Å². The Morgan fingerprint density at radius 2 is 1.70 bits per heavy atom. The SMILES string of the molecule is O=C(NCC(NC(=O)c1cncc2ccccc12)c1ccc2ccccc2c1)C1=COCC1. The monoisotopic (exact) mass is 437 g/mol. The molecule has 1 aliphatic rings. The van der Waals surface area contributed by atoms with Crippen LogP contribution in [0.1, 0.15) is 28.4 Å². The summed E-state index contributed by atoms with van der Waals surface area (Å²) in [6, 6.07) is 21.3. The maximum Gasteiger partial charge on any atom is 0.254 e. The van der Waals surface area contributed by atoms with Crippen LogP contribution in [0.25, 0.3) is 21.5 Å². The topological polar surface area (TPSA) is 80.3 Å². The van der Waals surface area contributed by atoms with Crippen LogP contribution in [0.4, 0.5) is 0 Å². The standard InChI is InChI=1S/C27H23N3O3/c31-26(22-11-12-33-17-22)29-16-25(20-10-9-18-5-1-2-6-19(18)13-20)30-27(32)24-15-28-14-21-7-3-4-8-23(21)24/h1-10,13-15,17,25H,11-12,16H2,(H,29,31)(H,30,32). The third kappa shape index (κ3) is 4.41. The lowest BCUT2D eigenvalue weighted by molar-refractivity contribution is -0.117. The highest BCUT2D eigenvalue weighted by Gasteiger charge is 2.21. The summed E-state index contributed by atoms with van der Waals surface area (Å²) in [5.41, 5.74) is 2.01. The van der Waals surface area contributed by atoms with Crippen LogP contribution in [0, 0.1) is 0 Å². The van der Waals surface area contributed by atoms with Crippen LogP contribution in [-0.2, 0) is 9.53 Å². The first-order valence-electron chi connectivity index (χ1n) is 10.9. The fraction of sp³-hybridized carbons (Fsp3) is 0.148. The molecule has 6 nitrogen and oxygen atoms in total. The minimum absolute atomic E-state index is 0.181. The van der Waals surface area contributed by atoms with Gasteiger partial charge in [-0.25, -0.2) is 0 Å². The Bertz CT molecular complexity index is 1370. The van der Waals surface area contributed by atoms with Crippen molar-refractivity contribution in [3.05, 3.63) is 102 Å². The highest BCUT2D eigenvalue weighted by molar-refractivity contribution is 6.06. The second kappa shape index (κ2) is 9.12. The summed E-state index contributed by atoms with van der Waals surface area (Å²) in [5, 5.41) is 9.97. The molecule has 0 saturated carbocycles. The molecule has 1 aliphatic heterocycles. The number of pyridine rings is 1. The van der Waals surface area contributed by atoms with E-state index < -0.39 is 6.04 Å². The summed E-state index contributed by atoms with van der Waals surface area (Å²) in [6.45, 7) is 0.764. The molecule has 5 rings (SSSR count). The van der Waals surface area contributed by atoms with Gasteiger partial charge in [-0.05, 0) is 27.8 Å². The fourth-order valence-electron chi connectivity index (χ4n) is 4.07. The minimum Gasteiger partial charge on any atom is -0.500 e. The third-order valence-electron chi connectivity index (χ3n) is 5.87. The van der Waals surface area contributed by atoms with Crippen LogP contribution in [0.2, 0.25) is 0 Å². The average molecular weight is 437 g/mol. The Balaban J connectivity index is 1.44. The van der Waals surface area contributed by atoms with E-state index in [4.69, 9.17) is 4.74 Å². The molecule has 3 aromatic carbocycles. The molecule has 33 heavy (non-hydrogen) atoms. The van der Waals surface area contributed by atoms with Crippen molar-refractivity contribution in [3.8, 4) is 0 Å². The van der Waals surface area contributed by atoms with Crippen LogP contribution >= 0.6 is 0 Å². The van der Waals surface area contributed by atoms with Gasteiger partial charge in [-0.1, -0.05) is 60.7 Å². The zero-order valence-electron chi connectivity index (χ0n) is 18.0. The van der Waals surface area contributed by atoms with Crippen LogP contribution in [-0.4, -0.2) is 29.9 Å². The largest absolute Gasteiger partial charge is 0.500 e. The quantitative estimate of drug-likeness (QED) is 0.472. The number of fused-ring (bicyclic) bond motifs is 2. The highest BCUT2D eigenvalue weighted by Crippen LogP contribution is 2.23. The number of benzene rings is 3. The van der Waals surface area contributed by atoms with E-state index in [0.29, 0.717) is 24.2 Å². The van der Waals surface area contributed by atoms with Crippen molar-refractivity contribution in [1.29, 1.82) is 0 Å². The van der Waals surface area contributed by atoms with Gasteiger partial charge in [0.2, 0.25) is 0 Å². The first-order valence-corrected chi connectivity index (χ1v) is 10.9. The lowest BCUT2D eigenvalue weighted by Gasteiger charge is -2.21. The molecule has 164 valence electrons. The zero-order chi connectivity index (χ0) is 22.6. The van der Waals surface area contributed by atoms with E-state index in [-0.39, 0.29) is 18.4 Å². The molecule has 0 radical (unpaired) electrons. The molecule has 4 aromatic rings. The molecule has 0 fully saturated rings. The molecule has 0 aliphatic carbocycles. The first kappa shape index (κ1) is 20.7. The number of hydrogen-bond acceptors (Lipinski definition) is 4. The van der Waals surface area contributed by atoms with E-state index in [9.17, 15) is 9.59 Å². The minimum atomic E-state index is -0.423. The normalized spacial score (nSPS) is 13.9. The Labute approximate surface area is 191 Å². The fourth-order valence-corrected chi connectivity index (χ4v) is 4.07. The summed E-state index contributed by atoms with van der Waals surface area (Å²) in [6.07, 6.45) is 5.40. The molecule has 1 aromatic heterocycles. The molecule has 2 N–H and O–H groups in total. The summed E-state index contributed by atoms with van der Waals surface area (Å²) in [7, 11) is 0. The van der Waals surface area contributed by atoms with Gasteiger partial charge in [0.05, 0.1) is 30.0 Å². The van der Waals surface area contributed by atoms with Gasteiger partial charge in [-0.2, -0.15) is 0 Å². The van der Waals surface area contributed by atoms with Gasteiger partial charge in [-0.3, -0.25) is 14.6 Å². The van der Waals surface area contributed by atoms with Crippen molar-refractivity contribution in [2.45, 2.75) is 12.5 Å². The zero-order valence-corrected chi connectivity index (χ0v) is 18.0. The van der Waals surface area contributed by atoms with Gasteiger partial charge in [0.15, 0.2) is 0 Å². The van der Waals surface area contributed by atoms with Gasteiger partial charge in [0, 0.05) is 30.7 Å². The van der Waals surface area contributed by atoms with Gasteiger partial charge in [-0.15, -0.1) is 0 Å². The Kier molecular flexibility index (Phi) is 5.72. The molecule has 0 bridgehead atoms. The highest BCUT2D eigenvalue weighted by atomic mass is 16.5. The summed E-state index contributed by atoms with van der Waals surface area (Å²) in [4.78, 5) is 30.1. The molecular weight excluding hydrogens is 414 g/mol. The van der Waals surface area contributed by atoms with Crippen molar-refractivity contribution >= 4 is 33.4 Å².